The van der Waals surface area contributed by atoms with E-state index in [1.807, 2.05) is 30.3 Å². The minimum atomic E-state index is -1.05. The molecule has 0 radical (unpaired) electrons. The number of ether oxygens (including phenoxy) is 2. The Kier molecular flexibility index (Phi) is 8.18. The first-order chi connectivity index (χ1) is 14.6. The van der Waals surface area contributed by atoms with E-state index in [-0.39, 0.29) is 26.1 Å². The molecule has 1 heterocycles. The number of rotatable bonds is 8. The van der Waals surface area contributed by atoms with Crippen molar-refractivity contribution in [3.05, 3.63) is 48.6 Å². The molecule has 0 aromatic heterocycles. The molecule has 9 nitrogen and oxygen atoms in total. The molecule has 1 aliphatic rings. The molecule has 1 fully saturated rings. The first-order valence-corrected chi connectivity index (χ1v) is 9.99. The SMILES string of the molecule is C=CCOC(=O)C[C@@H]1NC(=O)[C@H](CNC(=O)OC(C)(C)C)N(Cc2ccccc2)C1=O. The van der Waals surface area contributed by atoms with Crippen LogP contribution in [0.5, 0.6) is 0 Å². The van der Waals surface area contributed by atoms with Crippen molar-refractivity contribution in [2.75, 3.05) is 13.2 Å². The first-order valence-electron chi connectivity index (χ1n) is 9.99. The minimum absolute atomic E-state index is 0.0177. The van der Waals surface area contributed by atoms with Gasteiger partial charge in [0.15, 0.2) is 0 Å². The average Bonchev–Trinajstić information content (AvgIpc) is 2.69. The van der Waals surface area contributed by atoms with Crippen molar-refractivity contribution in [2.45, 2.75) is 51.4 Å². The molecule has 0 saturated carbocycles. The van der Waals surface area contributed by atoms with Crippen LogP contribution < -0.4 is 10.6 Å². The van der Waals surface area contributed by atoms with E-state index >= 15 is 0 Å². The summed E-state index contributed by atoms with van der Waals surface area (Å²) in [6.45, 7) is 8.67. The van der Waals surface area contributed by atoms with Gasteiger partial charge in [-0.05, 0) is 26.3 Å². The highest BCUT2D eigenvalue weighted by Gasteiger charge is 2.41. The zero-order valence-electron chi connectivity index (χ0n) is 18.1. The Hall–Kier alpha value is -3.36. The van der Waals surface area contributed by atoms with E-state index in [1.54, 1.807) is 20.8 Å². The quantitative estimate of drug-likeness (QED) is 0.477. The molecule has 0 aliphatic carbocycles. The Labute approximate surface area is 181 Å². The van der Waals surface area contributed by atoms with Gasteiger partial charge in [0.1, 0.15) is 24.3 Å². The predicted octanol–water partition coefficient (Wildman–Crippen LogP) is 1.53. The molecule has 0 unspecified atom stereocenters. The Morgan fingerprint density at radius 1 is 1.23 bits per heavy atom. The number of piperazine rings is 1. The van der Waals surface area contributed by atoms with E-state index in [2.05, 4.69) is 17.2 Å². The summed E-state index contributed by atoms with van der Waals surface area (Å²) in [6.07, 6.45) is 0.428. The molecular formula is C22H29N3O6. The predicted molar refractivity (Wildman–Crippen MR) is 113 cm³/mol. The van der Waals surface area contributed by atoms with Crippen LogP contribution in [0.3, 0.4) is 0 Å². The lowest BCUT2D eigenvalue weighted by Crippen LogP contribution is -2.65. The second kappa shape index (κ2) is 10.6. The van der Waals surface area contributed by atoms with Gasteiger partial charge in [-0.2, -0.15) is 0 Å². The van der Waals surface area contributed by atoms with Crippen molar-refractivity contribution >= 4 is 23.9 Å². The fourth-order valence-electron chi connectivity index (χ4n) is 3.01. The number of esters is 1. The van der Waals surface area contributed by atoms with Crippen LogP contribution in [0.25, 0.3) is 0 Å². The monoisotopic (exact) mass is 431 g/mol. The van der Waals surface area contributed by atoms with E-state index in [1.165, 1.54) is 11.0 Å². The van der Waals surface area contributed by atoms with Crippen LogP contribution in [-0.2, 0) is 30.4 Å². The number of alkyl carbamates (subject to hydrolysis) is 1. The molecule has 2 N–H and O–H groups in total. The number of benzene rings is 1. The van der Waals surface area contributed by atoms with E-state index in [0.717, 1.165) is 5.56 Å². The normalized spacial score (nSPS) is 18.7. The zero-order valence-corrected chi connectivity index (χ0v) is 18.1. The number of carbonyl (C=O) groups is 4. The molecule has 0 spiro atoms. The number of carbonyl (C=O) groups excluding carboxylic acids is 4. The summed E-state index contributed by atoms with van der Waals surface area (Å²) < 4.78 is 10.1. The third-order valence-corrected chi connectivity index (χ3v) is 4.34. The van der Waals surface area contributed by atoms with Crippen molar-refractivity contribution in [1.82, 2.24) is 15.5 Å². The maximum absolute atomic E-state index is 13.1. The Morgan fingerprint density at radius 3 is 2.52 bits per heavy atom. The smallest absolute Gasteiger partial charge is 0.407 e. The second-order valence-electron chi connectivity index (χ2n) is 8.09. The van der Waals surface area contributed by atoms with Gasteiger partial charge in [-0.15, -0.1) is 0 Å². The molecular weight excluding hydrogens is 402 g/mol. The van der Waals surface area contributed by atoms with Gasteiger partial charge >= 0.3 is 12.1 Å². The standard InChI is InChI=1S/C22H29N3O6/c1-5-11-30-18(26)12-16-20(28)25(14-15-9-7-6-8-10-15)17(19(27)24-16)13-23-21(29)31-22(2,3)4/h5-10,16-17H,1,11-14H2,2-4H3,(H,23,29)(H,24,27)/t16-,17-/m0/s1. The number of hydrogen-bond acceptors (Lipinski definition) is 6. The van der Waals surface area contributed by atoms with Crippen LogP contribution in [0.4, 0.5) is 4.79 Å². The summed E-state index contributed by atoms with van der Waals surface area (Å²) in [5.41, 5.74) is 0.107. The van der Waals surface area contributed by atoms with Gasteiger partial charge in [-0.1, -0.05) is 43.0 Å². The van der Waals surface area contributed by atoms with Crippen molar-refractivity contribution in [1.29, 1.82) is 0 Å². The number of hydrogen-bond donors (Lipinski definition) is 2. The van der Waals surface area contributed by atoms with Gasteiger partial charge in [-0.25, -0.2) is 4.79 Å². The highest BCUT2D eigenvalue weighted by atomic mass is 16.6. The van der Waals surface area contributed by atoms with Crippen molar-refractivity contribution < 1.29 is 28.7 Å². The number of amides is 3. The topological polar surface area (TPSA) is 114 Å². The largest absolute Gasteiger partial charge is 0.461 e. The van der Waals surface area contributed by atoms with Crippen molar-refractivity contribution in [2.24, 2.45) is 0 Å². The number of nitrogens with one attached hydrogen (secondary N) is 2. The molecule has 31 heavy (non-hydrogen) atoms. The molecule has 2 atom stereocenters. The van der Waals surface area contributed by atoms with Gasteiger partial charge in [0.2, 0.25) is 11.8 Å². The Morgan fingerprint density at radius 2 is 1.90 bits per heavy atom. The van der Waals surface area contributed by atoms with Gasteiger partial charge in [0, 0.05) is 6.54 Å². The van der Waals surface area contributed by atoms with Crippen molar-refractivity contribution in [3.63, 3.8) is 0 Å². The van der Waals surface area contributed by atoms with E-state index in [0.29, 0.717) is 0 Å². The van der Waals surface area contributed by atoms with Crippen LogP contribution in [0, 0.1) is 0 Å². The van der Waals surface area contributed by atoms with Gasteiger partial charge < -0.3 is 25.0 Å². The summed E-state index contributed by atoms with van der Waals surface area (Å²) >= 11 is 0. The molecule has 168 valence electrons. The van der Waals surface area contributed by atoms with Crippen LogP contribution >= 0.6 is 0 Å². The van der Waals surface area contributed by atoms with Crippen LogP contribution in [-0.4, -0.2) is 59.6 Å². The maximum Gasteiger partial charge on any atom is 0.407 e. The molecule has 0 bridgehead atoms. The van der Waals surface area contributed by atoms with Crippen molar-refractivity contribution in [3.8, 4) is 0 Å². The lowest BCUT2D eigenvalue weighted by Gasteiger charge is -2.39. The second-order valence-corrected chi connectivity index (χ2v) is 8.09. The summed E-state index contributed by atoms with van der Waals surface area (Å²) in [5.74, 6) is -1.54. The van der Waals surface area contributed by atoms with Crippen LogP contribution in [0.15, 0.2) is 43.0 Å². The molecule has 1 aliphatic heterocycles. The van der Waals surface area contributed by atoms with E-state index < -0.39 is 41.6 Å². The zero-order chi connectivity index (χ0) is 23.0. The minimum Gasteiger partial charge on any atom is -0.461 e. The average molecular weight is 431 g/mol. The Bertz CT molecular complexity index is 818. The number of nitrogens with zero attached hydrogens (tertiary/aromatic N) is 1. The molecule has 2 rings (SSSR count). The summed E-state index contributed by atoms with van der Waals surface area (Å²) in [4.78, 5) is 51.2. The summed E-state index contributed by atoms with van der Waals surface area (Å²) in [5, 5.41) is 5.10. The molecule has 1 aromatic rings. The van der Waals surface area contributed by atoms with Crippen LogP contribution in [0.2, 0.25) is 0 Å². The molecule has 9 heteroatoms. The fourth-order valence-corrected chi connectivity index (χ4v) is 3.01. The van der Waals surface area contributed by atoms with Gasteiger partial charge in [0.25, 0.3) is 0 Å². The molecule has 1 aromatic carbocycles. The van der Waals surface area contributed by atoms with E-state index in [9.17, 15) is 19.2 Å². The van der Waals surface area contributed by atoms with Gasteiger partial charge in [0.05, 0.1) is 13.0 Å². The first kappa shape index (κ1) is 23.9. The summed E-state index contributed by atoms with van der Waals surface area (Å²) in [7, 11) is 0. The molecule has 3 amide bonds. The lowest BCUT2D eigenvalue weighted by atomic mass is 10.0. The van der Waals surface area contributed by atoms with Gasteiger partial charge in [-0.3, -0.25) is 14.4 Å². The highest BCUT2D eigenvalue weighted by Crippen LogP contribution is 2.17. The Balaban J connectivity index is 2.16. The maximum atomic E-state index is 13.1. The lowest BCUT2D eigenvalue weighted by molar-refractivity contribution is -0.154. The third kappa shape index (κ3) is 7.44. The fraction of sp³-hybridized carbons (Fsp3) is 0.455. The van der Waals surface area contributed by atoms with E-state index in [4.69, 9.17) is 9.47 Å². The highest BCUT2D eigenvalue weighted by molar-refractivity contribution is 5.99. The van der Waals surface area contributed by atoms with Crippen LogP contribution in [0.1, 0.15) is 32.8 Å². The molecule has 1 saturated heterocycles. The summed E-state index contributed by atoms with van der Waals surface area (Å²) in [6, 6.07) is 7.13. The third-order valence-electron chi connectivity index (χ3n) is 4.34.